The second kappa shape index (κ2) is 3.21. The van der Waals surface area contributed by atoms with Crippen LogP contribution >= 0.6 is 0 Å². The number of benzene rings is 1. The molecule has 1 saturated heterocycles. The largest absolute Gasteiger partial charge is 0.371 e. The fourth-order valence-electron chi connectivity index (χ4n) is 1.60. The van der Waals surface area contributed by atoms with E-state index in [9.17, 15) is 4.79 Å². The predicted molar refractivity (Wildman–Crippen MR) is 53.3 cm³/mol. The Morgan fingerprint density at radius 1 is 1.31 bits per heavy atom. The van der Waals surface area contributed by atoms with Gasteiger partial charge in [0.15, 0.2) is 5.78 Å². The molecule has 68 valence electrons. The summed E-state index contributed by atoms with van der Waals surface area (Å²) in [5.74, 6) is 0.155. The summed E-state index contributed by atoms with van der Waals surface area (Å²) in [7, 11) is 0. The van der Waals surface area contributed by atoms with E-state index in [2.05, 4.69) is 4.90 Å². The molecular weight excluding hydrogens is 162 g/mol. The van der Waals surface area contributed by atoms with Crippen LogP contribution in [-0.2, 0) is 0 Å². The molecule has 0 unspecified atom stereocenters. The molecule has 0 radical (unpaired) electrons. The Labute approximate surface area is 78.2 Å². The molecule has 0 saturated carbocycles. The lowest BCUT2D eigenvalue weighted by Crippen LogP contribution is -2.37. The van der Waals surface area contributed by atoms with Crippen molar-refractivity contribution in [2.24, 2.45) is 0 Å². The lowest BCUT2D eigenvalue weighted by Gasteiger charge is -2.34. The van der Waals surface area contributed by atoms with Crippen LogP contribution in [0.5, 0.6) is 0 Å². The maximum atomic E-state index is 11.3. The molecule has 1 aromatic rings. The highest BCUT2D eigenvalue weighted by atomic mass is 16.1. The average molecular weight is 175 g/mol. The zero-order valence-electron chi connectivity index (χ0n) is 7.79. The predicted octanol–water partition coefficient (Wildman–Crippen LogP) is 2.10. The van der Waals surface area contributed by atoms with E-state index in [1.54, 1.807) is 6.92 Å². The van der Waals surface area contributed by atoms with Crippen molar-refractivity contribution in [1.82, 2.24) is 0 Å². The summed E-state index contributed by atoms with van der Waals surface area (Å²) >= 11 is 0. The average Bonchev–Trinajstić information content (AvgIpc) is 2.02. The maximum Gasteiger partial charge on any atom is 0.161 e. The number of rotatable bonds is 2. The molecule has 0 aromatic heterocycles. The van der Waals surface area contributed by atoms with Crippen LogP contribution in [0.1, 0.15) is 23.7 Å². The minimum atomic E-state index is 0.155. The lowest BCUT2D eigenvalue weighted by atomic mass is 10.1. The number of ketones is 1. The van der Waals surface area contributed by atoms with Crippen LogP contribution in [0.15, 0.2) is 24.3 Å². The van der Waals surface area contributed by atoms with Crippen molar-refractivity contribution in [3.05, 3.63) is 29.8 Å². The van der Waals surface area contributed by atoms with Crippen LogP contribution in [-0.4, -0.2) is 18.9 Å². The third kappa shape index (κ3) is 1.44. The summed E-state index contributed by atoms with van der Waals surface area (Å²) in [5, 5.41) is 0. The van der Waals surface area contributed by atoms with E-state index >= 15 is 0 Å². The minimum absolute atomic E-state index is 0.155. The van der Waals surface area contributed by atoms with Gasteiger partial charge >= 0.3 is 0 Å². The van der Waals surface area contributed by atoms with Gasteiger partial charge in [-0.1, -0.05) is 12.1 Å². The zero-order chi connectivity index (χ0) is 9.26. The van der Waals surface area contributed by atoms with Gasteiger partial charge in [-0.25, -0.2) is 0 Å². The summed E-state index contributed by atoms with van der Waals surface area (Å²) in [6.45, 7) is 3.80. The molecule has 0 atom stereocenters. The summed E-state index contributed by atoms with van der Waals surface area (Å²) in [6.07, 6.45) is 1.24. The van der Waals surface area contributed by atoms with Crippen LogP contribution < -0.4 is 4.90 Å². The first-order valence-corrected chi connectivity index (χ1v) is 4.64. The standard InChI is InChI=1S/C11H13NO/c1-9(13)10-5-2-3-6-11(10)12-7-4-8-12/h2-3,5-6H,4,7-8H2,1H3. The quantitative estimate of drug-likeness (QED) is 0.641. The molecule has 1 fully saturated rings. The first-order valence-electron chi connectivity index (χ1n) is 4.64. The summed E-state index contributed by atoms with van der Waals surface area (Å²) in [4.78, 5) is 13.5. The molecular formula is C11H13NO. The molecule has 1 aromatic carbocycles. The molecule has 2 nitrogen and oxygen atoms in total. The second-order valence-electron chi connectivity index (χ2n) is 3.41. The van der Waals surface area contributed by atoms with Gasteiger partial charge in [0, 0.05) is 24.3 Å². The van der Waals surface area contributed by atoms with Gasteiger partial charge in [0.05, 0.1) is 0 Å². The van der Waals surface area contributed by atoms with Crippen molar-refractivity contribution in [1.29, 1.82) is 0 Å². The van der Waals surface area contributed by atoms with E-state index in [0.29, 0.717) is 0 Å². The van der Waals surface area contributed by atoms with Gasteiger partial charge < -0.3 is 4.90 Å². The summed E-state index contributed by atoms with van der Waals surface area (Å²) < 4.78 is 0. The Morgan fingerprint density at radius 3 is 2.54 bits per heavy atom. The molecule has 1 aliphatic rings. The number of Topliss-reactive ketones (excluding diaryl/α,β-unsaturated/α-hetero) is 1. The van der Waals surface area contributed by atoms with E-state index in [1.165, 1.54) is 6.42 Å². The third-order valence-corrected chi connectivity index (χ3v) is 2.48. The Morgan fingerprint density at radius 2 is 2.00 bits per heavy atom. The summed E-state index contributed by atoms with van der Waals surface area (Å²) in [6, 6.07) is 7.83. The van der Waals surface area contributed by atoms with Crippen LogP contribution in [0.4, 0.5) is 5.69 Å². The minimum Gasteiger partial charge on any atom is -0.371 e. The van der Waals surface area contributed by atoms with E-state index < -0.39 is 0 Å². The van der Waals surface area contributed by atoms with Gasteiger partial charge in [0.1, 0.15) is 0 Å². The van der Waals surface area contributed by atoms with Crippen molar-refractivity contribution >= 4 is 11.5 Å². The van der Waals surface area contributed by atoms with Crippen LogP contribution in [0.25, 0.3) is 0 Å². The smallest absolute Gasteiger partial charge is 0.161 e. The highest BCUT2D eigenvalue weighted by Gasteiger charge is 2.18. The second-order valence-corrected chi connectivity index (χ2v) is 3.41. The Balaban J connectivity index is 2.36. The zero-order valence-corrected chi connectivity index (χ0v) is 7.79. The van der Waals surface area contributed by atoms with E-state index in [4.69, 9.17) is 0 Å². The van der Waals surface area contributed by atoms with Crippen molar-refractivity contribution in [3.8, 4) is 0 Å². The SMILES string of the molecule is CC(=O)c1ccccc1N1CCC1. The van der Waals surface area contributed by atoms with Gasteiger partial charge in [-0.05, 0) is 25.5 Å². The third-order valence-electron chi connectivity index (χ3n) is 2.48. The van der Waals surface area contributed by atoms with Gasteiger partial charge in [-0.15, -0.1) is 0 Å². The fourth-order valence-corrected chi connectivity index (χ4v) is 1.60. The normalized spacial score (nSPS) is 15.3. The topological polar surface area (TPSA) is 20.3 Å². The van der Waals surface area contributed by atoms with Gasteiger partial charge in [0.2, 0.25) is 0 Å². The molecule has 1 aliphatic heterocycles. The molecule has 0 bridgehead atoms. The van der Waals surface area contributed by atoms with Crippen LogP contribution in [0.3, 0.4) is 0 Å². The maximum absolute atomic E-state index is 11.3. The molecule has 1 heterocycles. The molecule has 0 spiro atoms. The van der Waals surface area contributed by atoms with Gasteiger partial charge in [0.25, 0.3) is 0 Å². The van der Waals surface area contributed by atoms with Crippen molar-refractivity contribution < 1.29 is 4.79 Å². The van der Waals surface area contributed by atoms with Crippen molar-refractivity contribution in [2.75, 3.05) is 18.0 Å². The molecule has 0 N–H and O–H groups in total. The lowest BCUT2D eigenvalue weighted by molar-refractivity contribution is 0.101. The van der Waals surface area contributed by atoms with Crippen LogP contribution in [0, 0.1) is 0 Å². The summed E-state index contributed by atoms with van der Waals surface area (Å²) in [5.41, 5.74) is 1.95. The van der Waals surface area contributed by atoms with E-state index in [0.717, 1.165) is 24.3 Å². The number of hydrogen-bond acceptors (Lipinski definition) is 2. The number of carbonyl (C=O) groups excluding carboxylic acids is 1. The number of carbonyl (C=O) groups is 1. The molecule has 0 amide bonds. The van der Waals surface area contributed by atoms with Crippen LogP contribution in [0.2, 0.25) is 0 Å². The fraction of sp³-hybridized carbons (Fsp3) is 0.364. The highest BCUT2D eigenvalue weighted by molar-refractivity contribution is 5.99. The van der Waals surface area contributed by atoms with Gasteiger partial charge in [-0.3, -0.25) is 4.79 Å². The Kier molecular flexibility index (Phi) is 2.05. The monoisotopic (exact) mass is 175 g/mol. The van der Waals surface area contributed by atoms with Crippen molar-refractivity contribution in [2.45, 2.75) is 13.3 Å². The Bertz CT molecular complexity index is 329. The molecule has 2 rings (SSSR count). The number of nitrogens with zero attached hydrogens (tertiary/aromatic N) is 1. The van der Waals surface area contributed by atoms with Gasteiger partial charge in [-0.2, -0.15) is 0 Å². The van der Waals surface area contributed by atoms with Crippen molar-refractivity contribution in [3.63, 3.8) is 0 Å². The molecule has 0 aliphatic carbocycles. The van der Waals surface area contributed by atoms with E-state index in [1.807, 2.05) is 24.3 Å². The highest BCUT2D eigenvalue weighted by Crippen LogP contribution is 2.24. The first kappa shape index (κ1) is 8.30. The Hall–Kier alpha value is -1.31. The molecule has 13 heavy (non-hydrogen) atoms. The number of hydrogen-bond donors (Lipinski definition) is 0. The first-order chi connectivity index (χ1) is 6.29. The molecule has 2 heteroatoms. The van der Waals surface area contributed by atoms with E-state index in [-0.39, 0.29) is 5.78 Å². The number of para-hydroxylation sites is 1. The number of anilines is 1.